The molecule has 0 aliphatic rings. The maximum absolute atomic E-state index is 13.0. The van der Waals surface area contributed by atoms with Gasteiger partial charge >= 0.3 is 17.4 Å². The van der Waals surface area contributed by atoms with E-state index < -0.39 is 39.0 Å². The predicted octanol–water partition coefficient (Wildman–Crippen LogP) is 3.96. The van der Waals surface area contributed by atoms with Gasteiger partial charge in [-0.15, -0.1) is 0 Å². The summed E-state index contributed by atoms with van der Waals surface area (Å²) in [4.78, 5) is 12.8. The first-order chi connectivity index (χ1) is 12.9. The topological polar surface area (TPSA) is 83.5 Å². The lowest BCUT2D eigenvalue weighted by molar-refractivity contribution is -0.262. The van der Waals surface area contributed by atoms with E-state index in [-0.39, 0.29) is 6.42 Å². The molecule has 0 saturated carbocycles. The summed E-state index contributed by atoms with van der Waals surface area (Å²) < 4.78 is 97.7. The van der Waals surface area contributed by atoms with Crippen molar-refractivity contribution in [3.63, 3.8) is 0 Å². The third-order valence-corrected chi connectivity index (χ3v) is 5.91. The van der Waals surface area contributed by atoms with Crippen molar-refractivity contribution < 1.29 is 44.5 Å². The molecule has 0 heterocycles. The second-order valence-electron chi connectivity index (χ2n) is 6.71. The minimum absolute atomic E-state index is 0.0495. The number of halogens is 5. The van der Waals surface area contributed by atoms with Gasteiger partial charge in [-0.3, -0.25) is 4.79 Å². The second-order valence-corrected chi connectivity index (χ2v) is 10.3. The van der Waals surface area contributed by atoms with Gasteiger partial charge < -0.3 is 9.29 Å². The number of esters is 1. The molecule has 0 aliphatic heterocycles. The van der Waals surface area contributed by atoms with Crippen LogP contribution in [0.15, 0.2) is 35.2 Å². The monoisotopic (exact) mass is 466 g/mol. The van der Waals surface area contributed by atoms with E-state index in [1.807, 2.05) is 0 Å². The number of hydrogen-bond donors (Lipinski definition) is 0. The maximum Gasteiger partial charge on any atom is 0.432 e. The molecular formula is C17H23F5O5S2. The summed E-state index contributed by atoms with van der Waals surface area (Å²) in [6.07, 6.45) is -5.85. The van der Waals surface area contributed by atoms with Gasteiger partial charge in [-0.25, -0.2) is 8.42 Å². The lowest BCUT2D eigenvalue weighted by atomic mass is 9.90. The molecule has 0 N–H and O–H groups in total. The highest BCUT2D eigenvalue weighted by Gasteiger charge is 2.63. The van der Waals surface area contributed by atoms with Crippen LogP contribution in [-0.4, -0.2) is 49.0 Å². The van der Waals surface area contributed by atoms with Crippen LogP contribution in [0.4, 0.5) is 22.0 Å². The number of carbonyl (C=O) groups excluding carboxylic acids is 1. The summed E-state index contributed by atoms with van der Waals surface area (Å²) in [5, 5.41) is -5.81. The molecule has 0 aliphatic carbocycles. The zero-order valence-electron chi connectivity index (χ0n) is 16.4. The van der Waals surface area contributed by atoms with Gasteiger partial charge in [0, 0.05) is 10.9 Å². The van der Waals surface area contributed by atoms with Crippen LogP contribution in [0.1, 0.15) is 27.2 Å². The van der Waals surface area contributed by atoms with Gasteiger partial charge in [0.15, 0.2) is 15.0 Å². The van der Waals surface area contributed by atoms with E-state index in [0.717, 1.165) is 13.8 Å². The Kier molecular flexibility index (Phi) is 9.59. The smallest absolute Gasteiger partial charge is 0.432 e. The summed E-state index contributed by atoms with van der Waals surface area (Å²) in [5.74, 6) is -1.69. The Morgan fingerprint density at radius 1 is 1.10 bits per heavy atom. The van der Waals surface area contributed by atoms with Crippen molar-refractivity contribution in [3.8, 4) is 0 Å². The normalized spacial score (nSPS) is 14.1. The third-order valence-electron chi connectivity index (χ3n) is 3.81. The van der Waals surface area contributed by atoms with Gasteiger partial charge in [0.05, 0.1) is 5.41 Å². The fourth-order valence-corrected chi connectivity index (χ4v) is 2.71. The van der Waals surface area contributed by atoms with Crippen LogP contribution in [0, 0.1) is 5.41 Å². The predicted molar refractivity (Wildman–Crippen MR) is 98.6 cm³/mol. The maximum atomic E-state index is 13.0. The van der Waals surface area contributed by atoms with Gasteiger partial charge in [-0.1, -0.05) is 25.1 Å². The molecule has 1 aromatic carbocycles. The van der Waals surface area contributed by atoms with Crippen molar-refractivity contribution in [2.24, 2.45) is 5.41 Å². The van der Waals surface area contributed by atoms with E-state index in [4.69, 9.17) is 0 Å². The summed E-state index contributed by atoms with van der Waals surface area (Å²) in [5.41, 5.74) is -1.55. The van der Waals surface area contributed by atoms with Crippen molar-refractivity contribution in [2.45, 2.75) is 49.6 Å². The van der Waals surface area contributed by atoms with Crippen LogP contribution in [0.5, 0.6) is 0 Å². The van der Waals surface area contributed by atoms with Crippen LogP contribution in [-0.2, 0) is 30.5 Å². The fraction of sp³-hybridized carbons (Fsp3) is 0.588. The SMILES string of the molecule is CCC(C)(C)C(=O)OC(C(F)(F)F)C(F)(F)S(=O)(=O)[O-].C[S+](C)c1ccccc1. The van der Waals surface area contributed by atoms with E-state index in [2.05, 4.69) is 47.6 Å². The molecule has 0 saturated heterocycles. The van der Waals surface area contributed by atoms with E-state index in [1.165, 1.54) is 11.8 Å². The third kappa shape index (κ3) is 8.09. The Morgan fingerprint density at radius 2 is 1.55 bits per heavy atom. The number of ether oxygens (including phenoxy) is 1. The van der Waals surface area contributed by atoms with Crippen LogP contribution in [0.2, 0.25) is 0 Å². The van der Waals surface area contributed by atoms with Crippen molar-refractivity contribution >= 4 is 27.0 Å². The largest absolute Gasteiger partial charge is 0.743 e. The average molecular weight is 466 g/mol. The molecule has 0 aromatic heterocycles. The van der Waals surface area contributed by atoms with Gasteiger partial charge in [0.1, 0.15) is 12.5 Å². The van der Waals surface area contributed by atoms with Crippen LogP contribution < -0.4 is 0 Å². The molecule has 1 atom stereocenters. The Balaban J connectivity index is 0.000000717. The molecule has 5 nitrogen and oxygen atoms in total. The van der Waals surface area contributed by atoms with Crippen molar-refractivity contribution in [3.05, 3.63) is 30.3 Å². The summed E-state index contributed by atoms with van der Waals surface area (Å²) in [7, 11) is -6.24. The zero-order valence-corrected chi connectivity index (χ0v) is 18.1. The van der Waals surface area contributed by atoms with Gasteiger partial charge in [-0.2, -0.15) is 22.0 Å². The minimum Gasteiger partial charge on any atom is -0.743 e. The first kappa shape index (κ1) is 27.6. The van der Waals surface area contributed by atoms with Crippen molar-refractivity contribution in [1.29, 1.82) is 0 Å². The zero-order chi connectivity index (χ0) is 23.3. The highest BCUT2D eigenvalue weighted by atomic mass is 32.2. The number of hydrogen-bond acceptors (Lipinski definition) is 5. The second kappa shape index (κ2) is 10.1. The van der Waals surface area contributed by atoms with E-state index in [0.29, 0.717) is 10.9 Å². The van der Waals surface area contributed by atoms with Gasteiger partial charge in [-0.05, 0) is 32.4 Å². The van der Waals surface area contributed by atoms with Crippen molar-refractivity contribution in [2.75, 3.05) is 12.5 Å². The van der Waals surface area contributed by atoms with Gasteiger partial charge in [0.2, 0.25) is 0 Å². The van der Waals surface area contributed by atoms with Crippen molar-refractivity contribution in [1.82, 2.24) is 0 Å². The highest BCUT2D eigenvalue weighted by Crippen LogP contribution is 2.39. The highest BCUT2D eigenvalue weighted by molar-refractivity contribution is 7.95. The lowest BCUT2D eigenvalue weighted by Gasteiger charge is -2.32. The molecule has 0 fully saturated rings. The minimum atomic E-state index is -6.66. The molecule has 1 rings (SSSR count). The standard InChI is InChI=1S/C9H13F5O5S.C8H11S/c1-4-7(2,3)6(15)19-5(8(10,11)12)9(13,14)20(16,17)18;1-9(2)8-6-4-3-5-7-8/h5H,4H2,1-3H3,(H,16,17,18);3-7H,1-2H3/q;+1/p-1. The lowest BCUT2D eigenvalue weighted by Crippen LogP contribution is -2.53. The molecule has 0 spiro atoms. The molecule has 1 unspecified atom stereocenters. The Bertz CT molecular complexity index is 762. The molecule has 168 valence electrons. The first-order valence-electron chi connectivity index (χ1n) is 8.11. The first-order valence-corrected chi connectivity index (χ1v) is 11.6. The van der Waals surface area contributed by atoms with Crippen LogP contribution in [0.25, 0.3) is 0 Å². The summed E-state index contributed by atoms with van der Waals surface area (Å²) >= 11 is 0. The summed E-state index contributed by atoms with van der Waals surface area (Å²) in [6.45, 7) is 3.62. The van der Waals surface area contributed by atoms with E-state index >= 15 is 0 Å². The molecule has 29 heavy (non-hydrogen) atoms. The molecule has 0 bridgehead atoms. The molecular weight excluding hydrogens is 443 g/mol. The molecule has 0 radical (unpaired) electrons. The Morgan fingerprint density at radius 3 is 1.83 bits per heavy atom. The Hall–Kier alpha value is -1.40. The number of benzene rings is 1. The Labute approximate surface area is 169 Å². The van der Waals surface area contributed by atoms with E-state index in [9.17, 15) is 39.7 Å². The van der Waals surface area contributed by atoms with Gasteiger partial charge in [0.25, 0.3) is 6.10 Å². The summed E-state index contributed by atoms with van der Waals surface area (Å²) in [6, 6.07) is 10.6. The number of alkyl halides is 5. The average Bonchev–Trinajstić information content (AvgIpc) is 2.58. The molecule has 12 heteroatoms. The van der Waals surface area contributed by atoms with Crippen LogP contribution in [0.3, 0.4) is 0 Å². The molecule has 1 aromatic rings. The fourth-order valence-electron chi connectivity index (χ4n) is 1.56. The van der Waals surface area contributed by atoms with E-state index in [1.54, 1.807) is 0 Å². The van der Waals surface area contributed by atoms with Crippen LogP contribution >= 0.6 is 0 Å². The molecule has 0 amide bonds. The quantitative estimate of drug-likeness (QED) is 0.274. The number of carbonyl (C=O) groups is 1. The number of rotatable bonds is 6.